The molecule has 2 aromatic rings. The molecule has 0 unspecified atom stereocenters. The zero-order valence-corrected chi connectivity index (χ0v) is 11.0. The van der Waals surface area contributed by atoms with Crippen molar-refractivity contribution >= 4 is 11.3 Å². The van der Waals surface area contributed by atoms with E-state index < -0.39 is 0 Å². The van der Waals surface area contributed by atoms with Crippen LogP contribution >= 0.6 is 11.3 Å². The fourth-order valence-corrected chi connectivity index (χ4v) is 2.65. The van der Waals surface area contributed by atoms with Gasteiger partial charge < -0.3 is 5.32 Å². The second-order valence-corrected chi connectivity index (χ2v) is 5.24. The lowest BCUT2D eigenvalue weighted by Gasteiger charge is -2.18. The zero-order chi connectivity index (χ0) is 11.9. The van der Waals surface area contributed by atoms with Crippen molar-refractivity contribution < 1.29 is 0 Å². The maximum Gasteiger partial charge on any atom is 0.0323 e. The highest BCUT2D eigenvalue weighted by atomic mass is 32.1. The molecule has 0 fully saturated rings. The van der Waals surface area contributed by atoms with E-state index in [1.165, 1.54) is 23.3 Å². The molecule has 0 radical (unpaired) electrons. The van der Waals surface area contributed by atoms with Crippen LogP contribution in [0.3, 0.4) is 0 Å². The Morgan fingerprint density at radius 1 is 1.12 bits per heavy atom. The molecule has 0 spiro atoms. The van der Waals surface area contributed by atoms with E-state index in [0.29, 0.717) is 6.04 Å². The van der Waals surface area contributed by atoms with Gasteiger partial charge in [0, 0.05) is 17.5 Å². The standard InChI is InChI=1S/C15H19NS/c1-2-7-15(13-8-4-3-5-9-13)16-12-14-10-6-11-17-14/h3-6,8-11,15-16H,2,7,12H2,1H3/t15-/m1/s1. The number of hydrogen-bond acceptors (Lipinski definition) is 2. The molecule has 2 rings (SSSR count). The summed E-state index contributed by atoms with van der Waals surface area (Å²) in [5, 5.41) is 5.78. The van der Waals surface area contributed by atoms with Crippen molar-refractivity contribution in [3.8, 4) is 0 Å². The van der Waals surface area contributed by atoms with Crippen molar-refractivity contribution in [3.05, 3.63) is 58.3 Å². The topological polar surface area (TPSA) is 12.0 Å². The second kappa shape index (κ2) is 6.58. The smallest absolute Gasteiger partial charge is 0.0323 e. The lowest BCUT2D eigenvalue weighted by molar-refractivity contribution is 0.496. The van der Waals surface area contributed by atoms with E-state index in [9.17, 15) is 0 Å². The first-order valence-corrected chi connectivity index (χ1v) is 7.09. The van der Waals surface area contributed by atoms with Gasteiger partial charge in [-0.25, -0.2) is 0 Å². The summed E-state index contributed by atoms with van der Waals surface area (Å²) in [4.78, 5) is 1.40. The van der Waals surface area contributed by atoms with Crippen LogP contribution < -0.4 is 5.32 Å². The Morgan fingerprint density at radius 2 is 1.94 bits per heavy atom. The number of thiophene rings is 1. The average molecular weight is 245 g/mol. The Labute approximate surface area is 108 Å². The molecule has 1 N–H and O–H groups in total. The van der Waals surface area contributed by atoms with Crippen LogP contribution in [0.2, 0.25) is 0 Å². The lowest BCUT2D eigenvalue weighted by atomic mass is 10.0. The Kier molecular flexibility index (Phi) is 4.77. The molecule has 1 aromatic heterocycles. The molecule has 0 amide bonds. The Bertz CT molecular complexity index is 408. The average Bonchev–Trinajstić information content (AvgIpc) is 2.88. The molecular formula is C15H19NS. The van der Waals surface area contributed by atoms with Crippen molar-refractivity contribution in [2.45, 2.75) is 32.4 Å². The van der Waals surface area contributed by atoms with Gasteiger partial charge in [0.15, 0.2) is 0 Å². The first kappa shape index (κ1) is 12.3. The predicted octanol–water partition coefficient (Wildman–Crippen LogP) is 4.38. The van der Waals surface area contributed by atoms with Crippen LogP contribution in [0, 0.1) is 0 Å². The van der Waals surface area contributed by atoms with Crippen LogP contribution in [0.4, 0.5) is 0 Å². The molecule has 90 valence electrons. The van der Waals surface area contributed by atoms with Crippen molar-refractivity contribution in [2.75, 3.05) is 0 Å². The highest BCUT2D eigenvalue weighted by Crippen LogP contribution is 2.19. The maximum atomic E-state index is 3.65. The molecule has 0 aliphatic rings. The molecule has 0 aliphatic heterocycles. The summed E-state index contributed by atoms with van der Waals surface area (Å²) in [6.07, 6.45) is 2.40. The van der Waals surface area contributed by atoms with E-state index in [2.05, 4.69) is 60.1 Å². The summed E-state index contributed by atoms with van der Waals surface area (Å²) in [6.45, 7) is 3.21. The summed E-state index contributed by atoms with van der Waals surface area (Å²) in [5.74, 6) is 0. The van der Waals surface area contributed by atoms with Crippen molar-refractivity contribution in [1.82, 2.24) is 5.32 Å². The molecular weight excluding hydrogens is 226 g/mol. The molecule has 0 saturated carbocycles. The zero-order valence-electron chi connectivity index (χ0n) is 10.2. The van der Waals surface area contributed by atoms with E-state index in [-0.39, 0.29) is 0 Å². The van der Waals surface area contributed by atoms with Crippen LogP contribution in [0.25, 0.3) is 0 Å². The third-order valence-corrected chi connectivity index (χ3v) is 3.76. The lowest BCUT2D eigenvalue weighted by Crippen LogP contribution is -2.20. The van der Waals surface area contributed by atoms with Crippen molar-refractivity contribution in [2.24, 2.45) is 0 Å². The monoisotopic (exact) mass is 245 g/mol. The van der Waals surface area contributed by atoms with Crippen molar-refractivity contribution in [1.29, 1.82) is 0 Å². The minimum Gasteiger partial charge on any atom is -0.305 e. The van der Waals surface area contributed by atoms with Gasteiger partial charge in [0.25, 0.3) is 0 Å². The Morgan fingerprint density at radius 3 is 2.59 bits per heavy atom. The molecule has 0 aliphatic carbocycles. The summed E-state index contributed by atoms with van der Waals surface area (Å²) < 4.78 is 0. The third-order valence-electron chi connectivity index (χ3n) is 2.88. The molecule has 2 heteroatoms. The summed E-state index contributed by atoms with van der Waals surface area (Å²) in [5.41, 5.74) is 1.39. The molecule has 0 saturated heterocycles. The SMILES string of the molecule is CCC[C@@H](NCc1cccs1)c1ccccc1. The first-order chi connectivity index (χ1) is 8.40. The van der Waals surface area contributed by atoms with Gasteiger partial charge in [-0.05, 0) is 23.4 Å². The van der Waals surface area contributed by atoms with E-state index in [0.717, 1.165) is 6.54 Å². The maximum absolute atomic E-state index is 3.65. The van der Waals surface area contributed by atoms with E-state index in [1.54, 1.807) is 0 Å². The van der Waals surface area contributed by atoms with E-state index in [1.807, 2.05) is 11.3 Å². The normalized spacial score (nSPS) is 12.5. The highest BCUT2D eigenvalue weighted by molar-refractivity contribution is 7.09. The molecule has 0 bridgehead atoms. The van der Waals surface area contributed by atoms with Crippen LogP contribution in [-0.4, -0.2) is 0 Å². The highest BCUT2D eigenvalue weighted by Gasteiger charge is 2.09. The Balaban J connectivity index is 1.98. The minimum atomic E-state index is 0.475. The fourth-order valence-electron chi connectivity index (χ4n) is 2.00. The number of rotatable bonds is 6. The van der Waals surface area contributed by atoms with Crippen LogP contribution in [0.1, 0.15) is 36.2 Å². The number of benzene rings is 1. The van der Waals surface area contributed by atoms with Crippen LogP contribution in [-0.2, 0) is 6.54 Å². The predicted molar refractivity (Wildman–Crippen MR) is 75.2 cm³/mol. The van der Waals surface area contributed by atoms with Crippen LogP contribution in [0.15, 0.2) is 47.8 Å². The molecule has 1 heterocycles. The molecule has 1 atom stereocenters. The van der Waals surface area contributed by atoms with Gasteiger partial charge in [-0.1, -0.05) is 49.7 Å². The number of hydrogen-bond donors (Lipinski definition) is 1. The van der Waals surface area contributed by atoms with Gasteiger partial charge >= 0.3 is 0 Å². The summed E-state index contributed by atoms with van der Waals surface area (Å²) in [7, 11) is 0. The van der Waals surface area contributed by atoms with Gasteiger partial charge in [-0.15, -0.1) is 11.3 Å². The van der Waals surface area contributed by atoms with Gasteiger partial charge in [0.05, 0.1) is 0 Å². The van der Waals surface area contributed by atoms with Gasteiger partial charge in [0.1, 0.15) is 0 Å². The summed E-state index contributed by atoms with van der Waals surface area (Å²) in [6, 6.07) is 15.5. The van der Waals surface area contributed by atoms with Gasteiger partial charge in [-0.2, -0.15) is 0 Å². The number of nitrogens with one attached hydrogen (secondary N) is 1. The Hall–Kier alpha value is -1.12. The second-order valence-electron chi connectivity index (χ2n) is 4.21. The third kappa shape index (κ3) is 3.69. The van der Waals surface area contributed by atoms with Crippen LogP contribution in [0.5, 0.6) is 0 Å². The molecule has 1 aromatic carbocycles. The van der Waals surface area contributed by atoms with Crippen molar-refractivity contribution in [3.63, 3.8) is 0 Å². The quantitative estimate of drug-likeness (QED) is 0.796. The fraction of sp³-hybridized carbons (Fsp3) is 0.333. The first-order valence-electron chi connectivity index (χ1n) is 6.21. The minimum absolute atomic E-state index is 0.475. The van der Waals surface area contributed by atoms with Gasteiger partial charge in [0.2, 0.25) is 0 Å². The molecule has 1 nitrogen and oxygen atoms in total. The molecule has 17 heavy (non-hydrogen) atoms. The van der Waals surface area contributed by atoms with E-state index in [4.69, 9.17) is 0 Å². The summed E-state index contributed by atoms with van der Waals surface area (Å²) >= 11 is 1.82. The largest absolute Gasteiger partial charge is 0.305 e. The van der Waals surface area contributed by atoms with Gasteiger partial charge in [-0.3, -0.25) is 0 Å². The van der Waals surface area contributed by atoms with E-state index >= 15 is 0 Å².